The van der Waals surface area contributed by atoms with Gasteiger partial charge in [-0.2, -0.15) is 0 Å². The van der Waals surface area contributed by atoms with Crippen LogP contribution in [0.15, 0.2) is 30.7 Å². The van der Waals surface area contributed by atoms with Crippen molar-refractivity contribution in [2.75, 3.05) is 6.61 Å². The predicted molar refractivity (Wildman–Crippen MR) is 66.9 cm³/mol. The lowest BCUT2D eigenvalue weighted by molar-refractivity contribution is 0.278. The van der Waals surface area contributed by atoms with Gasteiger partial charge in [-0.25, -0.2) is 4.98 Å². The molecule has 0 aliphatic heterocycles. The topological polar surface area (TPSA) is 50.9 Å². The fourth-order valence-corrected chi connectivity index (χ4v) is 2.15. The van der Waals surface area contributed by atoms with Crippen molar-refractivity contribution in [2.24, 2.45) is 0 Å². The second kappa shape index (κ2) is 3.82. The van der Waals surface area contributed by atoms with Crippen molar-refractivity contribution >= 4 is 21.9 Å². The SMILES string of the molecule is Cc1ccc2ncc3ncn(CCO)c3c2c1. The first-order valence-corrected chi connectivity index (χ1v) is 5.60. The summed E-state index contributed by atoms with van der Waals surface area (Å²) in [5.41, 5.74) is 4.08. The third-order valence-electron chi connectivity index (χ3n) is 2.94. The second-order valence-corrected chi connectivity index (χ2v) is 4.17. The second-order valence-electron chi connectivity index (χ2n) is 4.17. The van der Waals surface area contributed by atoms with E-state index in [1.807, 2.05) is 16.7 Å². The van der Waals surface area contributed by atoms with Gasteiger partial charge in [0.2, 0.25) is 0 Å². The Balaban J connectivity index is 2.42. The Morgan fingerprint density at radius 3 is 2.94 bits per heavy atom. The van der Waals surface area contributed by atoms with E-state index >= 15 is 0 Å². The van der Waals surface area contributed by atoms with E-state index in [0.717, 1.165) is 21.9 Å². The summed E-state index contributed by atoms with van der Waals surface area (Å²) in [4.78, 5) is 8.69. The average Bonchev–Trinajstić information content (AvgIpc) is 2.73. The average molecular weight is 227 g/mol. The first-order chi connectivity index (χ1) is 8.29. The molecule has 0 atom stereocenters. The Morgan fingerprint density at radius 1 is 1.24 bits per heavy atom. The van der Waals surface area contributed by atoms with E-state index in [9.17, 15) is 0 Å². The van der Waals surface area contributed by atoms with Gasteiger partial charge in [0.25, 0.3) is 0 Å². The highest BCUT2D eigenvalue weighted by atomic mass is 16.3. The Morgan fingerprint density at radius 2 is 2.12 bits per heavy atom. The van der Waals surface area contributed by atoms with Crippen LogP contribution in [-0.4, -0.2) is 26.2 Å². The first kappa shape index (κ1) is 10.2. The van der Waals surface area contributed by atoms with E-state index in [2.05, 4.69) is 23.0 Å². The zero-order valence-corrected chi connectivity index (χ0v) is 9.59. The van der Waals surface area contributed by atoms with E-state index in [4.69, 9.17) is 5.11 Å². The van der Waals surface area contributed by atoms with Crippen LogP contribution < -0.4 is 0 Å². The number of hydrogen-bond acceptors (Lipinski definition) is 3. The molecule has 0 bridgehead atoms. The monoisotopic (exact) mass is 227 g/mol. The third kappa shape index (κ3) is 1.57. The van der Waals surface area contributed by atoms with Gasteiger partial charge >= 0.3 is 0 Å². The summed E-state index contributed by atoms with van der Waals surface area (Å²) in [5.74, 6) is 0. The highest BCUT2D eigenvalue weighted by Gasteiger charge is 2.07. The van der Waals surface area contributed by atoms with E-state index < -0.39 is 0 Å². The van der Waals surface area contributed by atoms with E-state index in [-0.39, 0.29) is 6.61 Å². The molecule has 2 aromatic heterocycles. The lowest BCUT2D eigenvalue weighted by atomic mass is 10.1. The standard InChI is InChI=1S/C13H13N3O/c1-9-2-3-11-10(6-9)13-12(7-14-11)15-8-16(13)4-5-17/h2-3,6-8,17H,4-5H2,1H3. The molecule has 3 rings (SSSR count). The lowest BCUT2D eigenvalue weighted by Gasteiger charge is -2.05. The lowest BCUT2D eigenvalue weighted by Crippen LogP contribution is -2.00. The van der Waals surface area contributed by atoms with Crippen LogP contribution in [0.25, 0.3) is 21.9 Å². The number of aliphatic hydroxyl groups excluding tert-OH is 1. The maximum absolute atomic E-state index is 9.06. The highest BCUT2D eigenvalue weighted by Crippen LogP contribution is 2.23. The zero-order valence-electron chi connectivity index (χ0n) is 9.59. The normalized spacial score (nSPS) is 11.4. The molecule has 0 saturated carbocycles. The van der Waals surface area contributed by atoms with Crippen LogP contribution in [0.2, 0.25) is 0 Å². The number of nitrogens with zero attached hydrogens (tertiary/aromatic N) is 3. The number of aliphatic hydroxyl groups is 1. The quantitative estimate of drug-likeness (QED) is 0.727. The van der Waals surface area contributed by atoms with E-state index in [1.165, 1.54) is 5.56 Å². The fraction of sp³-hybridized carbons (Fsp3) is 0.231. The van der Waals surface area contributed by atoms with Gasteiger partial charge in [-0.3, -0.25) is 4.98 Å². The first-order valence-electron chi connectivity index (χ1n) is 5.60. The summed E-state index contributed by atoms with van der Waals surface area (Å²) < 4.78 is 1.97. The van der Waals surface area contributed by atoms with Crippen molar-refractivity contribution in [3.63, 3.8) is 0 Å². The van der Waals surface area contributed by atoms with Crippen molar-refractivity contribution in [3.05, 3.63) is 36.3 Å². The summed E-state index contributed by atoms with van der Waals surface area (Å²) in [6.45, 7) is 2.73. The Hall–Kier alpha value is -1.94. The van der Waals surface area contributed by atoms with Crippen LogP contribution in [0.5, 0.6) is 0 Å². The predicted octanol–water partition coefficient (Wildman–Crippen LogP) is 1.89. The Bertz CT molecular complexity index is 688. The number of hydrogen-bond donors (Lipinski definition) is 1. The van der Waals surface area contributed by atoms with Gasteiger partial charge in [0.15, 0.2) is 0 Å². The van der Waals surface area contributed by atoms with Gasteiger partial charge in [0.1, 0.15) is 5.52 Å². The van der Waals surface area contributed by atoms with E-state index in [0.29, 0.717) is 6.54 Å². The maximum atomic E-state index is 9.06. The van der Waals surface area contributed by atoms with Crippen LogP contribution in [-0.2, 0) is 6.54 Å². The van der Waals surface area contributed by atoms with Gasteiger partial charge in [0.05, 0.1) is 30.2 Å². The molecule has 0 saturated heterocycles. The number of aromatic nitrogens is 3. The summed E-state index contributed by atoms with van der Waals surface area (Å²) in [5, 5.41) is 10.2. The van der Waals surface area contributed by atoms with Crippen LogP contribution >= 0.6 is 0 Å². The van der Waals surface area contributed by atoms with Crippen molar-refractivity contribution in [1.82, 2.24) is 14.5 Å². The Kier molecular flexibility index (Phi) is 2.30. The minimum atomic E-state index is 0.112. The molecular weight excluding hydrogens is 214 g/mol. The summed E-state index contributed by atoms with van der Waals surface area (Å²) in [6.07, 6.45) is 3.53. The van der Waals surface area contributed by atoms with Crippen molar-refractivity contribution < 1.29 is 5.11 Å². The third-order valence-corrected chi connectivity index (χ3v) is 2.94. The molecule has 3 aromatic rings. The van der Waals surface area contributed by atoms with Crippen LogP contribution in [0.4, 0.5) is 0 Å². The molecule has 0 aliphatic rings. The molecule has 2 heterocycles. The molecule has 17 heavy (non-hydrogen) atoms. The van der Waals surface area contributed by atoms with E-state index in [1.54, 1.807) is 12.5 Å². The molecule has 0 radical (unpaired) electrons. The number of imidazole rings is 1. The zero-order chi connectivity index (χ0) is 11.8. The fourth-order valence-electron chi connectivity index (χ4n) is 2.15. The van der Waals surface area contributed by atoms with Crippen molar-refractivity contribution in [2.45, 2.75) is 13.5 Å². The maximum Gasteiger partial charge on any atom is 0.107 e. The smallest absolute Gasteiger partial charge is 0.107 e. The largest absolute Gasteiger partial charge is 0.395 e. The molecule has 4 nitrogen and oxygen atoms in total. The summed E-state index contributed by atoms with van der Waals surface area (Å²) >= 11 is 0. The minimum Gasteiger partial charge on any atom is -0.395 e. The van der Waals surface area contributed by atoms with Gasteiger partial charge in [-0.1, -0.05) is 11.6 Å². The minimum absolute atomic E-state index is 0.112. The number of rotatable bonds is 2. The molecule has 86 valence electrons. The van der Waals surface area contributed by atoms with Crippen molar-refractivity contribution in [1.29, 1.82) is 0 Å². The number of aryl methyl sites for hydroxylation is 1. The number of benzene rings is 1. The van der Waals surface area contributed by atoms with Gasteiger partial charge in [-0.05, 0) is 19.1 Å². The molecule has 0 fully saturated rings. The molecular formula is C13H13N3O. The summed E-state index contributed by atoms with van der Waals surface area (Å²) in [6, 6.07) is 6.18. The van der Waals surface area contributed by atoms with Crippen LogP contribution in [0, 0.1) is 6.92 Å². The summed E-state index contributed by atoms with van der Waals surface area (Å²) in [7, 11) is 0. The van der Waals surface area contributed by atoms with Crippen LogP contribution in [0.1, 0.15) is 5.56 Å². The molecule has 0 spiro atoms. The molecule has 1 N–H and O–H groups in total. The van der Waals surface area contributed by atoms with Gasteiger partial charge < -0.3 is 9.67 Å². The number of pyridine rings is 1. The Labute approximate surface area is 98.5 Å². The van der Waals surface area contributed by atoms with Crippen molar-refractivity contribution in [3.8, 4) is 0 Å². The number of fused-ring (bicyclic) bond motifs is 3. The highest BCUT2D eigenvalue weighted by molar-refractivity contribution is 6.02. The molecule has 0 unspecified atom stereocenters. The van der Waals surface area contributed by atoms with Gasteiger partial charge in [0, 0.05) is 11.9 Å². The van der Waals surface area contributed by atoms with Crippen LogP contribution in [0.3, 0.4) is 0 Å². The molecule has 1 aromatic carbocycles. The van der Waals surface area contributed by atoms with Gasteiger partial charge in [-0.15, -0.1) is 0 Å². The molecule has 4 heteroatoms. The molecule has 0 amide bonds. The molecule has 0 aliphatic carbocycles.